The molecule has 2 N–H and O–H groups in total. The van der Waals surface area contributed by atoms with E-state index in [4.69, 9.17) is 4.74 Å². The van der Waals surface area contributed by atoms with Crippen LogP contribution in [0.25, 0.3) is 0 Å². The van der Waals surface area contributed by atoms with Gasteiger partial charge in [0.2, 0.25) is 5.91 Å². The first-order valence-electron chi connectivity index (χ1n) is 10.2. The monoisotopic (exact) mass is 454 g/mol. The van der Waals surface area contributed by atoms with Crippen LogP contribution in [0.2, 0.25) is 0 Å². The van der Waals surface area contributed by atoms with Crippen molar-refractivity contribution in [3.8, 4) is 5.75 Å². The molecular weight excluding hydrogens is 430 g/mol. The minimum Gasteiger partial charge on any atom is -0.465 e. The quantitative estimate of drug-likeness (QED) is 0.459. The number of hydrogen-bond acceptors (Lipinski definition) is 5. The highest BCUT2D eigenvalue weighted by Gasteiger charge is 2.17. The van der Waals surface area contributed by atoms with E-state index in [2.05, 4.69) is 15.4 Å². The van der Waals surface area contributed by atoms with E-state index in [-0.39, 0.29) is 24.2 Å². The first kappa shape index (κ1) is 23.9. The van der Waals surface area contributed by atoms with E-state index in [1.165, 1.54) is 19.2 Å². The van der Waals surface area contributed by atoms with Crippen LogP contribution in [-0.2, 0) is 9.53 Å². The third-order valence-corrected chi connectivity index (χ3v) is 4.97. The number of halogens is 2. The van der Waals surface area contributed by atoms with Crippen LogP contribution < -0.4 is 15.4 Å². The molecule has 3 aromatic rings. The fourth-order valence-corrected chi connectivity index (χ4v) is 3.31. The van der Waals surface area contributed by atoms with Gasteiger partial charge < -0.3 is 14.8 Å². The van der Waals surface area contributed by atoms with Crippen LogP contribution in [0.1, 0.15) is 33.1 Å². The maximum Gasteiger partial charge on any atom is 0.387 e. The standard InChI is InChI=1S/C25H24F2N2O4/c1-16-8-9-19(24(31)32-2)14-21(16)29-22(30)15-28-23(17-6-4-3-5-7-17)18-10-12-20(13-11-18)33-25(26)27/h3-14,23,25,28H,15H2,1-2H3,(H,29,30)/t23-/m1/s1. The molecule has 1 amide bonds. The summed E-state index contributed by atoms with van der Waals surface area (Å²) in [5.41, 5.74) is 3.32. The molecule has 0 aliphatic rings. The van der Waals surface area contributed by atoms with E-state index >= 15 is 0 Å². The van der Waals surface area contributed by atoms with E-state index in [1.807, 2.05) is 37.3 Å². The normalized spacial score (nSPS) is 11.7. The molecule has 0 bridgehead atoms. The third-order valence-electron chi connectivity index (χ3n) is 4.97. The molecule has 0 aliphatic carbocycles. The lowest BCUT2D eigenvalue weighted by Gasteiger charge is -2.20. The summed E-state index contributed by atoms with van der Waals surface area (Å²) in [7, 11) is 1.29. The van der Waals surface area contributed by atoms with Gasteiger partial charge in [-0.05, 0) is 47.9 Å². The Kier molecular flexibility index (Phi) is 8.10. The number of carbonyl (C=O) groups excluding carboxylic acids is 2. The van der Waals surface area contributed by atoms with Crippen molar-refractivity contribution in [1.29, 1.82) is 0 Å². The van der Waals surface area contributed by atoms with E-state index in [0.29, 0.717) is 11.3 Å². The van der Waals surface area contributed by atoms with E-state index < -0.39 is 12.6 Å². The average molecular weight is 454 g/mol. The Morgan fingerprint density at radius 1 is 0.939 bits per heavy atom. The second-order valence-electron chi connectivity index (χ2n) is 7.24. The summed E-state index contributed by atoms with van der Waals surface area (Å²) >= 11 is 0. The SMILES string of the molecule is COC(=O)c1ccc(C)c(NC(=O)CN[C@H](c2ccccc2)c2ccc(OC(F)F)cc2)c1. The van der Waals surface area contributed by atoms with Crippen LogP contribution in [0.4, 0.5) is 14.5 Å². The Balaban J connectivity index is 1.74. The molecule has 0 unspecified atom stereocenters. The lowest BCUT2D eigenvalue weighted by molar-refractivity contribution is -0.115. The second kappa shape index (κ2) is 11.2. The molecule has 0 spiro atoms. The summed E-state index contributed by atoms with van der Waals surface area (Å²) in [6.45, 7) is -1.11. The average Bonchev–Trinajstić information content (AvgIpc) is 2.81. The lowest BCUT2D eigenvalue weighted by Crippen LogP contribution is -2.32. The topological polar surface area (TPSA) is 76.7 Å². The van der Waals surface area contributed by atoms with Crippen LogP contribution in [0.15, 0.2) is 72.8 Å². The number of amides is 1. The predicted octanol–water partition coefficient (Wildman–Crippen LogP) is 4.70. The highest BCUT2D eigenvalue weighted by molar-refractivity contribution is 5.96. The zero-order valence-electron chi connectivity index (χ0n) is 18.2. The van der Waals surface area contributed by atoms with E-state index in [9.17, 15) is 18.4 Å². The molecule has 0 saturated carbocycles. The van der Waals surface area contributed by atoms with Crippen molar-refractivity contribution >= 4 is 17.6 Å². The number of ether oxygens (including phenoxy) is 2. The summed E-state index contributed by atoms with van der Waals surface area (Å²) in [4.78, 5) is 24.4. The molecule has 0 fully saturated rings. The van der Waals surface area contributed by atoms with Gasteiger partial charge in [-0.25, -0.2) is 4.79 Å². The number of carbonyl (C=O) groups is 2. The van der Waals surface area contributed by atoms with E-state index in [0.717, 1.165) is 16.7 Å². The minimum atomic E-state index is -2.90. The smallest absolute Gasteiger partial charge is 0.387 e. The number of aryl methyl sites for hydroxylation is 1. The Morgan fingerprint density at radius 3 is 2.24 bits per heavy atom. The Morgan fingerprint density at radius 2 is 1.61 bits per heavy atom. The molecule has 1 atom stereocenters. The summed E-state index contributed by atoms with van der Waals surface area (Å²) in [6, 6.07) is 20.3. The zero-order chi connectivity index (χ0) is 23.8. The van der Waals surface area contributed by atoms with Gasteiger partial charge in [0, 0.05) is 5.69 Å². The molecule has 3 rings (SSSR count). The number of esters is 1. The van der Waals surface area contributed by atoms with Crippen LogP contribution >= 0.6 is 0 Å². The molecule has 0 heterocycles. The third kappa shape index (κ3) is 6.60. The molecule has 3 aromatic carbocycles. The van der Waals surface area contributed by atoms with Crippen molar-refractivity contribution in [3.63, 3.8) is 0 Å². The molecule has 0 aromatic heterocycles. The number of methoxy groups -OCH3 is 1. The fourth-order valence-electron chi connectivity index (χ4n) is 3.31. The highest BCUT2D eigenvalue weighted by Crippen LogP contribution is 2.25. The summed E-state index contributed by atoms with van der Waals surface area (Å²) < 4.78 is 34.0. The van der Waals surface area contributed by atoms with Gasteiger partial charge in [-0.2, -0.15) is 8.78 Å². The molecule has 6 nitrogen and oxygen atoms in total. The van der Waals surface area contributed by atoms with Gasteiger partial charge >= 0.3 is 12.6 Å². The largest absolute Gasteiger partial charge is 0.465 e. The molecule has 8 heteroatoms. The van der Waals surface area contributed by atoms with E-state index in [1.54, 1.807) is 30.3 Å². The summed E-state index contributed by atoms with van der Waals surface area (Å²) in [5, 5.41) is 6.01. The maximum atomic E-state index is 12.7. The van der Waals surface area contributed by atoms with Crippen molar-refractivity contribution in [2.24, 2.45) is 0 Å². The van der Waals surface area contributed by atoms with Gasteiger partial charge in [-0.15, -0.1) is 0 Å². The van der Waals surface area contributed by atoms with Gasteiger partial charge in [0.1, 0.15) is 5.75 Å². The Hall–Kier alpha value is -3.78. The maximum absolute atomic E-state index is 12.7. The van der Waals surface area contributed by atoms with Gasteiger partial charge in [0.25, 0.3) is 0 Å². The van der Waals surface area contributed by atoms with Crippen LogP contribution in [0, 0.1) is 6.92 Å². The number of alkyl halides is 2. The Labute approximate surface area is 190 Å². The van der Waals surface area contributed by atoms with Crippen molar-refractivity contribution in [3.05, 3.63) is 95.1 Å². The molecule has 0 radical (unpaired) electrons. The van der Waals surface area contributed by atoms with Crippen LogP contribution in [-0.4, -0.2) is 32.1 Å². The van der Waals surface area contributed by atoms with Gasteiger partial charge in [-0.1, -0.05) is 48.5 Å². The molecular formula is C25H24F2N2O4. The number of anilines is 1. The zero-order valence-corrected chi connectivity index (χ0v) is 18.2. The number of hydrogen-bond donors (Lipinski definition) is 2. The highest BCUT2D eigenvalue weighted by atomic mass is 19.3. The number of nitrogens with one attached hydrogen (secondary N) is 2. The Bertz CT molecular complexity index is 1090. The van der Waals surface area contributed by atoms with Gasteiger partial charge in [-0.3, -0.25) is 10.1 Å². The van der Waals surface area contributed by atoms with Gasteiger partial charge in [0.05, 0.1) is 25.3 Å². The number of benzene rings is 3. The second-order valence-corrected chi connectivity index (χ2v) is 7.24. The first-order chi connectivity index (χ1) is 15.9. The summed E-state index contributed by atoms with van der Waals surface area (Å²) in [6.07, 6.45) is 0. The first-order valence-corrected chi connectivity index (χ1v) is 10.2. The summed E-state index contributed by atoms with van der Waals surface area (Å²) in [5.74, 6) is -0.745. The molecule has 0 aliphatic heterocycles. The fraction of sp³-hybridized carbons (Fsp3) is 0.200. The molecule has 33 heavy (non-hydrogen) atoms. The van der Waals surface area contributed by atoms with Gasteiger partial charge in [0.15, 0.2) is 0 Å². The van der Waals surface area contributed by atoms with Crippen molar-refractivity contribution in [2.75, 3.05) is 19.0 Å². The van der Waals surface area contributed by atoms with Crippen molar-refractivity contribution in [2.45, 2.75) is 19.6 Å². The minimum absolute atomic E-state index is 0.0310. The lowest BCUT2D eigenvalue weighted by atomic mass is 9.98. The van der Waals surface area contributed by atoms with Crippen LogP contribution in [0.5, 0.6) is 5.75 Å². The van der Waals surface area contributed by atoms with Crippen molar-refractivity contribution < 1.29 is 27.8 Å². The predicted molar refractivity (Wildman–Crippen MR) is 121 cm³/mol. The molecule has 172 valence electrons. The number of rotatable bonds is 9. The molecule has 0 saturated heterocycles. The van der Waals surface area contributed by atoms with Crippen molar-refractivity contribution in [1.82, 2.24) is 5.32 Å². The van der Waals surface area contributed by atoms with Crippen LogP contribution in [0.3, 0.4) is 0 Å².